The highest BCUT2D eigenvalue weighted by Gasteiger charge is 2.19. The molecule has 0 amide bonds. The van der Waals surface area contributed by atoms with Gasteiger partial charge in [-0.25, -0.2) is 15.0 Å². The van der Waals surface area contributed by atoms with Gasteiger partial charge in [-0.05, 0) is 24.3 Å². The Morgan fingerprint density at radius 1 is 1.17 bits per heavy atom. The van der Waals surface area contributed by atoms with Crippen LogP contribution >= 0.6 is 11.8 Å². The van der Waals surface area contributed by atoms with E-state index in [1.807, 2.05) is 42.7 Å². The number of anilines is 2. The number of hydrogen-bond donors (Lipinski definition) is 1. The SMILES string of the molecule is COc1cccc(Nc2ncc3c(n2)-c2cccnc2SC3)c1. The van der Waals surface area contributed by atoms with Crippen molar-refractivity contribution in [3.05, 3.63) is 54.4 Å². The van der Waals surface area contributed by atoms with Gasteiger partial charge in [0.1, 0.15) is 10.8 Å². The predicted molar refractivity (Wildman–Crippen MR) is 91.1 cm³/mol. The van der Waals surface area contributed by atoms with E-state index in [0.29, 0.717) is 5.95 Å². The van der Waals surface area contributed by atoms with Crippen molar-refractivity contribution in [2.24, 2.45) is 0 Å². The van der Waals surface area contributed by atoms with Gasteiger partial charge in [0.05, 0.1) is 12.8 Å². The van der Waals surface area contributed by atoms with Crippen molar-refractivity contribution in [2.75, 3.05) is 12.4 Å². The number of benzene rings is 1. The number of nitrogens with one attached hydrogen (secondary N) is 1. The first-order valence-electron chi connectivity index (χ1n) is 7.18. The third kappa shape index (κ3) is 2.73. The van der Waals surface area contributed by atoms with Gasteiger partial charge in [0.2, 0.25) is 5.95 Å². The number of thioether (sulfide) groups is 1. The summed E-state index contributed by atoms with van der Waals surface area (Å²) in [5.74, 6) is 2.20. The Morgan fingerprint density at radius 3 is 3.04 bits per heavy atom. The molecule has 23 heavy (non-hydrogen) atoms. The van der Waals surface area contributed by atoms with Gasteiger partial charge in [-0.3, -0.25) is 0 Å². The van der Waals surface area contributed by atoms with Crippen molar-refractivity contribution in [2.45, 2.75) is 10.8 Å². The largest absolute Gasteiger partial charge is 0.497 e. The molecule has 0 saturated heterocycles. The summed E-state index contributed by atoms with van der Waals surface area (Å²) in [7, 11) is 1.65. The van der Waals surface area contributed by atoms with E-state index in [1.165, 1.54) is 0 Å². The molecule has 0 fully saturated rings. The zero-order valence-electron chi connectivity index (χ0n) is 12.5. The second-order valence-corrected chi connectivity index (χ2v) is 6.03. The second-order valence-electron chi connectivity index (χ2n) is 5.07. The fourth-order valence-corrected chi connectivity index (χ4v) is 3.43. The van der Waals surface area contributed by atoms with Crippen LogP contribution in [0, 0.1) is 0 Å². The van der Waals surface area contributed by atoms with E-state index in [2.05, 4.69) is 26.3 Å². The molecule has 0 bridgehead atoms. The molecule has 5 nitrogen and oxygen atoms in total. The van der Waals surface area contributed by atoms with Gasteiger partial charge in [0.15, 0.2) is 0 Å². The maximum atomic E-state index is 5.24. The Kier molecular flexibility index (Phi) is 3.59. The van der Waals surface area contributed by atoms with Crippen molar-refractivity contribution in [1.82, 2.24) is 15.0 Å². The first kappa shape index (κ1) is 14.0. The van der Waals surface area contributed by atoms with E-state index in [4.69, 9.17) is 4.74 Å². The molecule has 0 saturated carbocycles. The van der Waals surface area contributed by atoms with Gasteiger partial charge < -0.3 is 10.1 Å². The average Bonchev–Trinajstić information content (AvgIpc) is 2.62. The lowest BCUT2D eigenvalue weighted by Gasteiger charge is -2.17. The average molecular weight is 322 g/mol. The molecule has 0 unspecified atom stereocenters. The van der Waals surface area contributed by atoms with Gasteiger partial charge >= 0.3 is 0 Å². The van der Waals surface area contributed by atoms with E-state index in [1.54, 1.807) is 18.9 Å². The first-order valence-corrected chi connectivity index (χ1v) is 8.17. The Bertz CT molecular complexity index is 869. The molecule has 6 heteroatoms. The molecular formula is C17H14N4OS. The number of nitrogens with zero attached hydrogens (tertiary/aromatic N) is 3. The summed E-state index contributed by atoms with van der Waals surface area (Å²) in [6.07, 6.45) is 3.70. The molecule has 0 spiro atoms. The van der Waals surface area contributed by atoms with Crippen molar-refractivity contribution >= 4 is 23.4 Å². The van der Waals surface area contributed by atoms with Gasteiger partial charge in [-0.1, -0.05) is 6.07 Å². The summed E-state index contributed by atoms with van der Waals surface area (Å²) < 4.78 is 5.24. The summed E-state index contributed by atoms with van der Waals surface area (Å²) in [5.41, 5.74) is 4.04. The van der Waals surface area contributed by atoms with Crippen molar-refractivity contribution in [3.63, 3.8) is 0 Å². The fraction of sp³-hybridized carbons (Fsp3) is 0.118. The molecule has 3 heterocycles. The zero-order chi connectivity index (χ0) is 15.6. The number of ether oxygens (including phenoxy) is 1. The van der Waals surface area contributed by atoms with Crippen LogP contribution in [-0.4, -0.2) is 22.1 Å². The summed E-state index contributed by atoms with van der Waals surface area (Å²) in [4.78, 5) is 13.5. The number of fused-ring (bicyclic) bond motifs is 3. The molecule has 0 radical (unpaired) electrons. The number of pyridine rings is 1. The van der Waals surface area contributed by atoms with Gasteiger partial charge in [0.25, 0.3) is 0 Å². The summed E-state index contributed by atoms with van der Waals surface area (Å²) in [5, 5.41) is 4.25. The smallest absolute Gasteiger partial charge is 0.227 e. The molecule has 1 N–H and O–H groups in total. The fourth-order valence-electron chi connectivity index (χ4n) is 2.47. The van der Waals surface area contributed by atoms with Crippen LogP contribution < -0.4 is 10.1 Å². The molecule has 1 aromatic carbocycles. The Hall–Kier alpha value is -2.60. The van der Waals surface area contributed by atoms with Crippen LogP contribution in [-0.2, 0) is 5.75 Å². The molecule has 1 aliphatic heterocycles. The second kappa shape index (κ2) is 5.89. The topological polar surface area (TPSA) is 59.9 Å². The predicted octanol–water partition coefficient (Wildman–Crippen LogP) is 3.90. The highest BCUT2D eigenvalue weighted by molar-refractivity contribution is 7.98. The molecule has 0 atom stereocenters. The van der Waals surface area contributed by atoms with Crippen LogP contribution in [0.5, 0.6) is 5.75 Å². The highest BCUT2D eigenvalue weighted by Crippen LogP contribution is 2.38. The first-order chi connectivity index (χ1) is 11.3. The molecule has 2 aromatic heterocycles. The van der Waals surface area contributed by atoms with Crippen molar-refractivity contribution < 1.29 is 4.74 Å². The van der Waals surface area contributed by atoms with E-state index in [9.17, 15) is 0 Å². The third-order valence-electron chi connectivity index (χ3n) is 3.58. The minimum absolute atomic E-state index is 0.568. The standard InChI is InChI=1S/C17H14N4OS/c1-22-13-5-2-4-12(8-13)20-17-19-9-11-10-23-16-14(15(11)21-17)6-3-7-18-16/h2-9H,10H2,1H3,(H,19,20,21). The zero-order valence-corrected chi connectivity index (χ0v) is 13.3. The molecule has 3 aromatic rings. The van der Waals surface area contributed by atoms with Crippen LogP contribution in [0.25, 0.3) is 11.3 Å². The Morgan fingerprint density at radius 2 is 2.13 bits per heavy atom. The number of hydrogen-bond acceptors (Lipinski definition) is 6. The van der Waals surface area contributed by atoms with Crippen LogP contribution in [0.15, 0.2) is 53.8 Å². The lowest BCUT2D eigenvalue weighted by molar-refractivity contribution is 0.415. The van der Waals surface area contributed by atoms with Gasteiger partial charge in [-0.2, -0.15) is 0 Å². The normalized spacial score (nSPS) is 12.2. The summed E-state index contributed by atoms with van der Waals surface area (Å²) >= 11 is 1.72. The van der Waals surface area contributed by atoms with Crippen LogP contribution in [0.3, 0.4) is 0 Å². The third-order valence-corrected chi connectivity index (χ3v) is 4.64. The van der Waals surface area contributed by atoms with Crippen LogP contribution in [0.1, 0.15) is 5.56 Å². The maximum absolute atomic E-state index is 5.24. The lowest BCUT2D eigenvalue weighted by atomic mass is 10.1. The number of methoxy groups -OCH3 is 1. The van der Waals surface area contributed by atoms with E-state index < -0.39 is 0 Å². The maximum Gasteiger partial charge on any atom is 0.227 e. The molecule has 0 aliphatic carbocycles. The molecular weight excluding hydrogens is 308 g/mol. The number of rotatable bonds is 3. The van der Waals surface area contributed by atoms with E-state index in [-0.39, 0.29) is 0 Å². The van der Waals surface area contributed by atoms with Crippen LogP contribution in [0.4, 0.5) is 11.6 Å². The van der Waals surface area contributed by atoms with Crippen LogP contribution in [0.2, 0.25) is 0 Å². The Labute approximate surface area is 138 Å². The van der Waals surface area contributed by atoms with Gasteiger partial charge in [0, 0.05) is 41.0 Å². The van der Waals surface area contributed by atoms with Crippen molar-refractivity contribution in [3.8, 4) is 17.0 Å². The van der Waals surface area contributed by atoms with E-state index >= 15 is 0 Å². The van der Waals surface area contributed by atoms with Crippen molar-refractivity contribution in [1.29, 1.82) is 0 Å². The summed E-state index contributed by atoms with van der Waals surface area (Å²) in [6.45, 7) is 0. The summed E-state index contributed by atoms with van der Waals surface area (Å²) in [6, 6.07) is 11.7. The molecule has 4 rings (SSSR count). The van der Waals surface area contributed by atoms with E-state index in [0.717, 1.165) is 39.0 Å². The molecule has 114 valence electrons. The minimum Gasteiger partial charge on any atom is -0.497 e. The molecule has 1 aliphatic rings. The Balaban J connectivity index is 1.70. The number of aromatic nitrogens is 3. The monoisotopic (exact) mass is 322 g/mol. The van der Waals surface area contributed by atoms with Gasteiger partial charge in [-0.15, -0.1) is 11.8 Å². The highest BCUT2D eigenvalue weighted by atomic mass is 32.2. The quantitative estimate of drug-likeness (QED) is 0.789. The lowest BCUT2D eigenvalue weighted by Crippen LogP contribution is -2.05. The minimum atomic E-state index is 0.568.